The molecule has 0 radical (unpaired) electrons. The van der Waals surface area contributed by atoms with Gasteiger partial charge in [-0.1, -0.05) is 22.9 Å². The van der Waals surface area contributed by atoms with E-state index in [0.717, 1.165) is 17.7 Å². The number of aromatic nitrogens is 2. The third-order valence-corrected chi connectivity index (χ3v) is 3.87. The van der Waals surface area contributed by atoms with E-state index < -0.39 is 5.82 Å². The molecule has 1 heterocycles. The highest BCUT2D eigenvalue weighted by Gasteiger charge is 2.19. The monoisotopic (exact) mass is 355 g/mol. The fourth-order valence-electron chi connectivity index (χ4n) is 2.11. The average molecular weight is 356 g/mol. The van der Waals surface area contributed by atoms with Gasteiger partial charge in [-0.3, -0.25) is 0 Å². The Kier molecular flexibility index (Phi) is 5.00. The number of nitrogens with zero attached hydrogens (tertiary/aromatic N) is 2. The smallest absolute Gasteiger partial charge is 0.221 e. The molecule has 2 N–H and O–H groups in total. The molecule has 114 valence electrons. The average Bonchev–Trinajstić information content (AvgIpc) is 2.68. The lowest BCUT2D eigenvalue weighted by Crippen LogP contribution is -2.21. The zero-order valence-corrected chi connectivity index (χ0v) is 13.9. The van der Waals surface area contributed by atoms with Gasteiger partial charge in [0.15, 0.2) is 11.6 Å². The lowest BCUT2D eigenvalue weighted by atomic mass is 10.1. The number of hydrogen-bond acceptors (Lipinski definition) is 3. The highest BCUT2D eigenvalue weighted by Crippen LogP contribution is 2.31. The second kappa shape index (κ2) is 6.58. The summed E-state index contributed by atoms with van der Waals surface area (Å²) in [5.41, 5.74) is 7.80. The van der Waals surface area contributed by atoms with Crippen LogP contribution in [0.1, 0.15) is 24.6 Å². The van der Waals surface area contributed by atoms with Crippen molar-refractivity contribution in [2.75, 3.05) is 0 Å². The van der Waals surface area contributed by atoms with E-state index >= 15 is 0 Å². The predicted molar refractivity (Wildman–Crippen MR) is 84.1 cm³/mol. The second-order valence-electron chi connectivity index (χ2n) is 5.04. The van der Waals surface area contributed by atoms with Crippen LogP contribution in [-0.4, -0.2) is 15.8 Å². The molecule has 0 bridgehead atoms. The maximum absolute atomic E-state index is 13.9. The van der Waals surface area contributed by atoms with Gasteiger partial charge in [0, 0.05) is 23.1 Å². The summed E-state index contributed by atoms with van der Waals surface area (Å²) in [6, 6.07) is 4.73. The van der Waals surface area contributed by atoms with Crippen LogP contribution in [0.25, 0.3) is 0 Å². The minimum absolute atomic E-state index is 0.0324. The van der Waals surface area contributed by atoms with Gasteiger partial charge >= 0.3 is 0 Å². The van der Waals surface area contributed by atoms with Crippen molar-refractivity contribution >= 4 is 15.9 Å². The summed E-state index contributed by atoms with van der Waals surface area (Å²) in [6.07, 6.45) is 1.52. The molecule has 0 aliphatic heterocycles. The first kappa shape index (κ1) is 16.0. The Labute approximate surface area is 132 Å². The molecule has 0 spiro atoms. The molecular weight excluding hydrogens is 337 g/mol. The highest BCUT2D eigenvalue weighted by molar-refractivity contribution is 9.10. The van der Waals surface area contributed by atoms with Crippen LogP contribution >= 0.6 is 15.9 Å². The number of aryl methyl sites for hydroxylation is 2. The summed E-state index contributed by atoms with van der Waals surface area (Å²) >= 11 is 3.23. The molecule has 0 amide bonds. The van der Waals surface area contributed by atoms with Crippen molar-refractivity contribution in [1.82, 2.24) is 9.78 Å². The minimum atomic E-state index is -0.422. The summed E-state index contributed by atoms with van der Waals surface area (Å²) < 4.78 is 22.0. The Morgan fingerprint density at radius 1 is 1.48 bits per heavy atom. The first-order valence-corrected chi connectivity index (χ1v) is 7.62. The van der Waals surface area contributed by atoms with Crippen molar-refractivity contribution in [3.8, 4) is 11.6 Å². The Bertz CT molecular complexity index is 642. The molecule has 2 rings (SSSR count). The van der Waals surface area contributed by atoms with E-state index in [-0.39, 0.29) is 11.8 Å². The minimum Gasteiger partial charge on any atom is -0.436 e. The van der Waals surface area contributed by atoms with Crippen molar-refractivity contribution in [3.05, 3.63) is 39.7 Å². The molecule has 1 aromatic heterocycles. The Morgan fingerprint density at radius 3 is 2.81 bits per heavy atom. The molecule has 21 heavy (non-hydrogen) atoms. The van der Waals surface area contributed by atoms with Crippen molar-refractivity contribution in [1.29, 1.82) is 0 Å². The SMILES string of the molecule is CCC(N)Cc1c(C)nn(C)c1Oc1ccc(Br)cc1F. The molecule has 0 aliphatic carbocycles. The second-order valence-corrected chi connectivity index (χ2v) is 5.96. The third kappa shape index (κ3) is 3.63. The van der Waals surface area contributed by atoms with Gasteiger partial charge in [0.25, 0.3) is 0 Å². The number of rotatable bonds is 5. The number of ether oxygens (including phenoxy) is 1. The van der Waals surface area contributed by atoms with Crippen LogP contribution in [0.15, 0.2) is 22.7 Å². The maximum Gasteiger partial charge on any atom is 0.221 e. The Hall–Kier alpha value is -1.40. The van der Waals surface area contributed by atoms with E-state index in [1.54, 1.807) is 23.9 Å². The van der Waals surface area contributed by atoms with E-state index in [4.69, 9.17) is 10.5 Å². The van der Waals surface area contributed by atoms with E-state index in [1.165, 1.54) is 6.07 Å². The van der Waals surface area contributed by atoms with Crippen molar-refractivity contribution in [2.45, 2.75) is 32.7 Å². The number of benzene rings is 1. The first-order chi connectivity index (χ1) is 9.92. The Morgan fingerprint density at radius 2 is 2.19 bits per heavy atom. The van der Waals surface area contributed by atoms with Crippen LogP contribution in [0.4, 0.5) is 4.39 Å². The van der Waals surface area contributed by atoms with Gasteiger partial charge in [-0.2, -0.15) is 5.10 Å². The predicted octanol–water partition coefficient (Wildman–Crippen LogP) is 3.70. The van der Waals surface area contributed by atoms with Crippen LogP contribution in [-0.2, 0) is 13.5 Å². The summed E-state index contributed by atoms with van der Waals surface area (Å²) in [5.74, 6) is 0.291. The molecule has 2 aromatic rings. The van der Waals surface area contributed by atoms with Gasteiger partial charge in [-0.15, -0.1) is 0 Å². The molecular formula is C15H19BrFN3O. The van der Waals surface area contributed by atoms with Crippen LogP contribution in [0.3, 0.4) is 0 Å². The number of hydrogen-bond donors (Lipinski definition) is 1. The lowest BCUT2D eigenvalue weighted by molar-refractivity contribution is 0.398. The molecule has 4 nitrogen and oxygen atoms in total. The van der Waals surface area contributed by atoms with Gasteiger partial charge in [0.2, 0.25) is 5.88 Å². The highest BCUT2D eigenvalue weighted by atomic mass is 79.9. The van der Waals surface area contributed by atoms with E-state index in [9.17, 15) is 4.39 Å². The Balaban J connectivity index is 2.34. The van der Waals surface area contributed by atoms with Crippen LogP contribution in [0.5, 0.6) is 11.6 Å². The van der Waals surface area contributed by atoms with Crippen molar-refractivity contribution in [3.63, 3.8) is 0 Å². The summed E-state index contributed by atoms with van der Waals surface area (Å²) in [7, 11) is 1.78. The van der Waals surface area contributed by atoms with Crippen molar-refractivity contribution in [2.24, 2.45) is 12.8 Å². The van der Waals surface area contributed by atoms with Gasteiger partial charge in [-0.05, 0) is 38.0 Å². The molecule has 0 fully saturated rings. The van der Waals surface area contributed by atoms with Crippen LogP contribution in [0, 0.1) is 12.7 Å². The van der Waals surface area contributed by atoms with Crippen LogP contribution in [0.2, 0.25) is 0 Å². The van der Waals surface area contributed by atoms with E-state index in [2.05, 4.69) is 21.0 Å². The van der Waals surface area contributed by atoms with E-state index in [1.807, 2.05) is 13.8 Å². The van der Waals surface area contributed by atoms with Crippen LogP contribution < -0.4 is 10.5 Å². The maximum atomic E-state index is 13.9. The molecule has 1 unspecified atom stereocenters. The molecule has 1 atom stereocenters. The molecule has 6 heteroatoms. The quantitative estimate of drug-likeness (QED) is 0.889. The molecule has 0 saturated heterocycles. The zero-order valence-electron chi connectivity index (χ0n) is 12.4. The van der Waals surface area contributed by atoms with E-state index in [0.29, 0.717) is 16.8 Å². The number of nitrogens with two attached hydrogens (primary N) is 1. The van der Waals surface area contributed by atoms with Crippen molar-refractivity contribution < 1.29 is 9.13 Å². The van der Waals surface area contributed by atoms with Gasteiger partial charge < -0.3 is 10.5 Å². The fourth-order valence-corrected chi connectivity index (χ4v) is 2.45. The topological polar surface area (TPSA) is 53.1 Å². The zero-order chi connectivity index (χ0) is 15.6. The summed E-state index contributed by atoms with van der Waals surface area (Å²) in [6.45, 7) is 3.94. The number of halogens is 2. The fraction of sp³-hybridized carbons (Fsp3) is 0.400. The summed E-state index contributed by atoms with van der Waals surface area (Å²) in [5, 5.41) is 4.35. The first-order valence-electron chi connectivity index (χ1n) is 6.83. The van der Waals surface area contributed by atoms with Gasteiger partial charge in [0.1, 0.15) is 0 Å². The van der Waals surface area contributed by atoms with Gasteiger partial charge in [-0.25, -0.2) is 9.07 Å². The molecule has 0 aliphatic rings. The van der Waals surface area contributed by atoms with Gasteiger partial charge in [0.05, 0.1) is 5.69 Å². The summed E-state index contributed by atoms with van der Waals surface area (Å²) in [4.78, 5) is 0. The molecule has 1 aromatic carbocycles. The lowest BCUT2D eigenvalue weighted by Gasteiger charge is -2.12. The standard InChI is InChI=1S/C15H19BrFN3O/c1-4-11(18)8-12-9(2)19-20(3)15(12)21-14-6-5-10(16)7-13(14)17/h5-7,11H,4,8,18H2,1-3H3. The normalized spacial score (nSPS) is 12.5. The molecule has 0 saturated carbocycles. The third-order valence-electron chi connectivity index (χ3n) is 3.38. The largest absolute Gasteiger partial charge is 0.436 e.